The molecule has 0 saturated carbocycles. The maximum Gasteiger partial charge on any atom is 2.00 e. The summed E-state index contributed by atoms with van der Waals surface area (Å²) in [6.07, 6.45) is 4.10. The molecule has 0 spiro atoms. The molecular weight excluding hydrogens is 148 g/mol. The van der Waals surface area contributed by atoms with Gasteiger partial charge in [-0.15, -0.1) is 0 Å². The molecule has 0 aliphatic carbocycles. The smallest absolute Gasteiger partial charge is 1.00 e. The zero-order valence-corrected chi connectivity index (χ0v) is 7.70. The first kappa shape index (κ1) is 8.62. The molecule has 54 valence electrons. The van der Waals surface area contributed by atoms with Crippen LogP contribution in [0.25, 0.3) is 6.08 Å². The molecule has 0 bridgehead atoms. The second-order valence-electron chi connectivity index (χ2n) is 2.25. The Labute approximate surface area is 85.2 Å². The van der Waals surface area contributed by atoms with Crippen molar-refractivity contribution in [3.8, 4) is 5.75 Å². The summed E-state index contributed by atoms with van der Waals surface area (Å²) in [7, 11) is 0. The van der Waals surface area contributed by atoms with Crippen LogP contribution in [0.5, 0.6) is 5.75 Å². The number of fused-ring (bicyclic) bond motifs is 1. The second kappa shape index (κ2) is 3.79. The van der Waals surface area contributed by atoms with Gasteiger partial charge in [-0.05, 0) is 12.1 Å². The van der Waals surface area contributed by atoms with Crippen LogP contribution in [0, 0.1) is 0 Å². The van der Waals surface area contributed by atoms with Gasteiger partial charge in [-0.1, -0.05) is 24.3 Å². The summed E-state index contributed by atoms with van der Waals surface area (Å²) in [5.41, 5.74) is 1.17. The van der Waals surface area contributed by atoms with Crippen LogP contribution < -0.4 is 4.74 Å². The van der Waals surface area contributed by atoms with Gasteiger partial charge in [-0.25, -0.2) is 0 Å². The number of hydrogen-bond donors (Lipinski definition) is 0. The number of rotatable bonds is 0. The van der Waals surface area contributed by atoms with Gasteiger partial charge in [0.25, 0.3) is 0 Å². The summed E-state index contributed by atoms with van der Waals surface area (Å²) in [6.45, 7) is 0.705. The Bertz CT molecular complexity index is 276. The fourth-order valence-electron chi connectivity index (χ4n) is 1.06. The van der Waals surface area contributed by atoms with Gasteiger partial charge in [-0.3, -0.25) is 0 Å². The standard InChI is InChI=1S/C9H8O.Mg.2H/c1-2-6-9-8(4-1)5-3-7-10-9;;;/h1-6H,7H2;;;/q;+2;2*-1. The van der Waals surface area contributed by atoms with Gasteiger partial charge < -0.3 is 7.59 Å². The van der Waals surface area contributed by atoms with Crippen LogP contribution in [0.4, 0.5) is 0 Å². The Morgan fingerprint density at radius 3 is 2.91 bits per heavy atom. The quantitative estimate of drug-likeness (QED) is 0.525. The largest absolute Gasteiger partial charge is 2.00 e. The molecule has 1 nitrogen and oxygen atoms in total. The number of hydrogen-bond acceptors (Lipinski definition) is 1. The average molecular weight is 158 g/mol. The van der Waals surface area contributed by atoms with Gasteiger partial charge in [0.2, 0.25) is 0 Å². The van der Waals surface area contributed by atoms with Gasteiger partial charge in [-0.2, -0.15) is 0 Å². The first-order valence-corrected chi connectivity index (χ1v) is 3.35. The van der Waals surface area contributed by atoms with Crippen molar-refractivity contribution in [1.82, 2.24) is 0 Å². The maximum atomic E-state index is 5.34. The molecule has 0 fully saturated rings. The second-order valence-corrected chi connectivity index (χ2v) is 2.25. The van der Waals surface area contributed by atoms with Crippen LogP contribution in [-0.2, 0) is 0 Å². The van der Waals surface area contributed by atoms with Crippen LogP contribution in [0.15, 0.2) is 30.3 Å². The first-order chi connectivity index (χ1) is 4.97. The third-order valence-corrected chi connectivity index (χ3v) is 1.55. The van der Waals surface area contributed by atoms with Crippen LogP contribution >= 0.6 is 0 Å². The van der Waals surface area contributed by atoms with Gasteiger partial charge >= 0.3 is 23.1 Å². The van der Waals surface area contributed by atoms with E-state index < -0.39 is 0 Å². The van der Waals surface area contributed by atoms with Crippen molar-refractivity contribution in [2.75, 3.05) is 6.61 Å². The molecule has 1 aliphatic rings. The molecule has 1 aromatic carbocycles. The number of ether oxygens (including phenoxy) is 1. The minimum Gasteiger partial charge on any atom is -1.00 e. The van der Waals surface area contributed by atoms with E-state index in [-0.39, 0.29) is 25.9 Å². The van der Waals surface area contributed by atoms with E-state index in [2.05, 4.69) is 6.08 Å². The van der Waals surface area contributed by atoms with Crippen LogP contribution in [0.2, 0.25) is 0 Å². The third kappa shape index (κ3) is 1.76. The van der Waals surface area contributed by atoms with E-state index in [0.717, 1.165) is 5.75 Å². The molecule has 2 rings (SSSR count). The summed E-state index contributed by atoms with van der Waals surface area (Å²) in [5.74, 6) is 0.991. The summed E-state index contributed by atoms with van der Waals surface area (Å²) < 4.78 is 5.34. The van der Waals surface area contributed by atoms with E-state index in [1.807, 2.05) is 30.3 Å². The van der Waals surface area contributed by atoms with E-state index in [4.69, 9.17) is 4.74 Å². The fraction of sp³-hybridized carbons (Fsp3) is 0.111. The Hall–Kier alpha value is -0.474. The predicted octanol–water partition coefficient (Wildman–Crippen LogP) is 1.94. The van der Waals surface area contributed by atoms with Crippen LogP contribution in [-0.4, -0.2) is 29.7 Å². The van der Waals surface area contributed by atoms with Crippen molar-refractivity contribution in [3.63, 3.8) is 0 Å². The van der Waals surface area contributed by atoms with Gasteiger partial charge in [0.15, 0.2) is 0 Å². The molecule has 0 atom stereocenters. The number of para-hydroxylation sites is 1. The predicted molar refractivity (Wildman–Crippen MR) is 48.9 cm³/mol. The summed E-state index contributed by atoms with van der Waals surface area (Å²) >= 11 is 0. The SMILES string of the molecule is C1=Cc2ccccc2OC1.[H-].[H-].[Mg+2]. The summed E-state index contributed by atoms with van der Waals surface area (Å²) in [4.78, 5) is 0. The molecule has 0 N–H and O–H groups in total. The molecule has 1 aliphatic heterocycles. The van der Waals surface area contributed by atoms with Crippen molar-refractivity contribution in [2.45, 2.75) is 0 Å². The molecule has 1 heterocycles. The Balaban J connectivity index is 0. The molecule has 11 heavy (non-hydrogen) atoms. The Morgan fingerprint density at radius 2 is 2.09 bits per heavy atom. The Kier molecular flexibility index (Phi) is 2.97. The van der Waals surface area contributed by atoms with E-state index in [1.54, 1.807) is 0 Å². The van der Waals surface area contributed by atoms with E-state index >= 15 is 0 Å². The van der Waals surface area contributed by atoms with Crippen LogP contribution in [0.3, 0.4) is 0 Å². The van der Waals surface area contributed by atoms with Crippen LogP contribution in [0.1, 0.15) is 8.42 Å². The molecule has 0 amide bonds. The molecule has 0 radical (unpaired) electrons. The Morgan fingerprint density at radius 1 is 1.27 bits per heavy atom. The van der Waals surface area contributed by atoms with Crippen molar-refractivity contribution in [3.05, 3.63) is 35.9 Å². The van der Waals surface area contributed by atoms with Gasteiger partial charge in [0.05, 0.1) is 0 Å². The van der Waals surface area contributed by atoms with E-state index in [9.17, 15) is 0 Å². The summed E-state index contributed by atoms with van der Waals surface area (Å²) in [6, 6.07) is 8.03. The minimum atomic E-state index is 0. The zero-order chi connectivity index (χ0) is 6.81. The third-order valence-electron chi connectivity index (χ3n) is 1.55. The monoisotopic (exact) mass is 158 g/mol. The molecule has 0 saturated heterocycles. The molecule has 0 aromatic heterocycles. The molecule has 2 heteroatoms. The minimum absolute atomic E-state index is 0. The summed E-state index contributed by atoms with van der Waals surface area (Å²) in [5, 5.41) is 0. The molecule has 0 unspecified atom stereocenters. The van der Waals surface area contributed by atoms with E-state index in [0.29, 0.717) is 6.61 Å². The molecule has 1 aromatic rings. The molecular formula is C9H10MgO. The van der Waals surface area contributed by atoms with Crippen molar-refractivity contribution < 1.29 is 7.59 Å². The maximum absolute atomic E-state index is 5.34. The van der Waals surface area contributed by atoms with Gasteiger partial charge in [0.1, 0.15) is 12.4 Å². The van der Waals surface area contributed by atoms with Gasteiger partial charge in [0, 0.05) is 5.56 Å². The van der Waals surface area contributed by atoms with Crippen molar-refractivity contribution in [2.24, 2.45) is 0 Å². The number of benzene rings is 1. The normalized spacial score (nSPS) is 12.7. The average Bonchev–Trinajstić information content (AvgIpc) is 2.05. The first-order valence-electron chi connectivity index (χ1n) is 3.35. The topological polar surface area (TPSA) is 9.23 Å². The van der Waals surface area contributed by atoms with E-state index in [1.165, 1.54) is 5.56 Å². The van der Waals surface area contributed by atoms with Crippen molar-refractivity contribution >= 4 is 29.1 Å². The zero-order valence-electron chi connectivity index (χ0n) is 8.29. The fourth-order valence-corrected chi connectivity index (χ4v) is 1.06. The van der Waals surface area contributed by atoms with Crippen molar-refractivity contribution in [1.29, 1.82) is 0 Å².